The summed E-state index contributed by atoms with van der Waals surface area (Å²) in [5.74, 6) is -2.57. The monoisotopic (exact) mass is 242 g/mol. The Morgan fingerprint density at radius 3 is 2.38 bits per heavy atom. The van der Waals surface area contributed by atoms with Crippen LogP contribution in [0.3, 0.4) is 0 Å². The zero-order valence-electron chi connectivity index (χ0n) is 9.29. The van der Waals surface area contributed by atoms with Crippen molar-refractivity contribution >= 4 is 5.84 Å². The molecule has 3 N–H and O–H groups in total. The Bertz CT molecular complexity index is 229. The molecular weight excluding hydrogens is 225 g/mol. The van der Waals surface area contributed by atoms with Crippen molar-refractivity contribution in [3.8, 4) is 0 Å². The van der Waals surface area contributed by atoms with Crippen molar-refractivity contribution in [3.63, 3.8) is 0 Å². The molecule has 0 aromatic carbocycles. The van der Waals surface area contributed by atoms with E-state index in [1.165, 1.54) is 0 Å². The summed E-state index contributed by atoms with van der Waals surface area (Å²) >= 11 is 0. The van der Waals surface area contributed by atoms with Crippen LogP contribution in [0.1, 0.15) is 20.3 Å². The molecular formula is C9H17F3N2O2. The highest BCUT2D eigenvalue weighted by atomic mass is 19.4. The second-order valence-electron chi connectivity index (χ2n) is 3.88. The normalized spacial score (nSPS) is 15.5. The first-order valence-corrected chi connectivity index (χ1v) is 4.91. The van der Waals surface area contributed by atoms with E-state index in [1.54, 1.807) is 0 Å². The van der Waals surface area contributed by atoms with E-state index in [-0.39, 0.29) is 6.61 Å². The van der Waals surface area contributed by atoms with Gasteiger partial charge in [0.25, 0.3) is 0 Å². The van der Waals surface area contributed by atoms with Gasteiger partial charge in [-0.15, -0.1) is 0 Å². The Morgan fingerprint density at radius 1 is 1.44 bits per heavy atom. The second kappa shape index (κ2) is 6.57. The number of rotatable bonds is 6. The van der Waals surface area contributed by atoms with E-state index in [0.717, 1.165) is 0 Å². The van der Waals surface area contributed by atoms with E-state index < -0.39 is 24.5 Å². The van der Waals surface area contributed by atoms with Crippen LogP contribution in [-0.2, 0) is 4.74 Å². The smallest absolute Gasteiger partial charge is 0.401 e. The van der Waals surface area contributed by atoms with Crippen LogP contribution < -0.4 is 5.73 Å². The summed E-state index contributed by atoms with van der Waals surface area (Å²) < 4.78 is 42.0. The number of hydrogen-bond acceptors (Lipinski definition) is 3. The summed E-state index contributed by atoms with van der Waals surface area (Å²) in [6, 6.07) is 0. The Labute approximate surface area is 92.3 Å². The number of oxime groups is 1. The number of halogens is 3. The molecule has 0 saturated heterocycles. The fraction of sp³-hybridized carbons (Fsp3) is 0.889. The van der Waals surface area contributed by atoms with Crippen molar-refractivity contribution in [2.75, 3.05) is 13.2 Å². The van der Waals surface area contributed by atoms with E-state index in [0.29, 0.717) is 12.3 Å². The lowest BCUT2D eigenvalue weighted by molar-refractivity contribution is -0.168. The first-order valence-electron chi connectivity index (χ1n) is 4.91. The van der Waals surface area contributed by atoms with Crippen molar-refractivity contribution in [1.82, 2.24) is 0 Å². The fourth-order valence-electron chi connectivity index (χ4n) is 0.937. The van der Waals surface area contributed by atoms with Gasteiger partial charge in [0.2, 0.25) is 0 Å². The summed E-state index contributed by atoms with van der Waals surface area (Å²) in [5.41, 5.74) is 4.95. The van der Waals surface area contributed by atoms with E-state index in [4.69, 9.17) is 15.7 Å². The number of alkyl halides is 3. The molecule has 7 heteroatoms. The molecule has 16 heavy (non-hydrogen) atoms. The van der Waals surface area contributed by atoms with Crippen molar-refractivity contribution in [3.05, 3.63) is 0 Å². The predicted molar refractivity (Wildman–Crippen MR) is 53.2 cm³/mol. The molecule has 1 atom stereocenters. The molecule has 0 bridgehead atoms. The van der Waals surface area contributed by atoms with Gasteiger partial charge in [0.05, 0.1) is 6.61 Å². The van der Waals surface area contributed by atoms with Crippen LogP contribution in [0.4, 0.5) is 13.2 Å². The number of ether oxygens (including phenoxy) is 1. The Morgan fingerprint density at radius 2 is 2.00 bits per heavy atom. The maximum atomic E-state index is 12.4. The molecule has 0 spiro atoms. The quantitative estimate of drug-likeness (QED) is 0.246. The molecule has 0 fully saturated rings. The first kappa shape index (κ1) is 15.0. The summed E-state index contributed by atoms with van der Waals surface area (Å²) in [7, 11) is 0. The van der Waals surface area contributed by atoms with Crippen LogP contribution >= 0.6 is 0 Å². The highest BCUT2D eigenvalue weighted by Gasteiger charge is 2.43. The summed E-state index contributed by atoms with van der Waals surface area (Å²) in [6.07, 6.45) is -3.89. The lowest BCUT2D eigenvalue weighted by atomic mass is 10.1. The fourth-order valence-corrected chi connectivity index (χ4v) is 0.937. The van der Waals surface area contributed by atoms with E-state index in [9.17, 15) is 13.2 Å². The Balaban J connectivity index is 4.15. The third-order valence-corrected chi connectivity index (χ3v) is 1.99. The lowest BCUT2D eigenvalue weighted by Gasteiger charge is -2.18. The summed E-state index contributed by atoms with van der Waals surface area (Å²) in [4.78, 5) is 0. The van der Waals surface area contributed by atoms with Gasteiger partial charge in [-0.3, -0.25) is 0 Å². The van der Waals surface area contributed by atoms with Gasteiger partial charge in [-0.2, -0.15) is 13.2 Å². The topological polar surface area (TPSA) is 67.8 Å². The molecule has 0 aromatic rings. The largest absolute Gasteiger partial charge is 0.409 e. The van der Waals surface area contributed by atoms with Crippen molar-refractivity contribution in [2.24, 2.45) is 22.7 Å². The minimum atomic E-state index is -4.56. The van der Waals surface area contributed by atoms with Crippen LogP contribution in [-0.4, -0.2) is 30.4 Å². The minimum absolute atomic E-state index is 0.225. The van der Waals surface area contributed by atoms with Gasteiger partial charge < -0.3 is 15.7 Å². The average Bonchev–Trinajstić information content (AvgIpc) is 2.14. The molecule has 0 amide bonds. The van der Waals surface area contributed by atoms with Crippen LogP contribution in [0.5, 0.6) is 0 Å². The Hall–Kier alpha value is -0.980. The van der Waals surface area contributed by atoms with Gasteiger partial charge in [-0.05, 0) is 12.3 Å². The molecule has 0 aliphatic carbocycles. The van der Waals surface area contributed by atoms with Gasteiger partial charge in [-0.25, -0.2) is 0 Å². The first-order chi connectivity index (χ1) is 7.29. The van der Waals surface area contributed by atoms with Gasteiger partial charge in [0.15, 0.2) is 5.84 Å². The third kappa shape index (κ3) is 5.79. The zero-order valence-corrected chi connectivity index (χ0v) is 9.29. The number of nitrogens with two attached hydrogens (primary N) is 1. The summed E-state index contributed by atoms with van der Waals surface area (Å²) in [6.45, 7) is 3.48. The molecule has 4 nitrogen and oxygen atoms in total. The van der Waals surface area contributed by atoms with Crippen LogP contribution in [0, 0.1) is 11.8 Å². The Kier molecular flexibility index (Phi) is 6.17. The van der Waals surface area contributed by atoms with Gasteiger partial charge in [-0.1, -0.05) is 19.0 Å². The molecule has 0 aromatic heterocycles. The minimum Gasteiger partial charge on any atom is -0.409 e. The molecule has 0 heterocycles. The standard InChI is InChI=1S/C9H17F3N2O2/c1-6(2)3-4-16-5-7(8(13)14-15)9(10,11)12/h6-7,15H,3-5H2,1-2H3,(H2,13,14). The number of nitrogens with zero attached hydrogens (tertiary/aromatic N) is 1. The molecule has 0 saturated carbocycles. The summed E-state index contributed by atoms with van der Waals surface area (Å²) in [5, 5.41) is 10.6. The van der Waals surface area contributed by atoms with Gasteiger partial charge >= 0.3 is 6.18 Å². The highest BCUT2D eigenvalue weighted by Crippen LogP contribution is 2.26. The van der Waals surface area contributed by atoms with Crippen molar-refractivity contribution < 1.29 is 23.1 Å². The lowest BCUT2D eigenvalue weighted by Crippen LogP contribution is -2.39. The molecule has 1 unspecified atom stereocenters. The average molecular weight is 242 g/mol. The SMILES string of the molecule is CC(C)CCOCC(C(N)=NO)C(F)(F)F. The predicted octanol–water partition coefficient (Wildman–Crippen LogP) is 1.97. The van der Waals surface area contributed by atoms with Gasteiger partial charge in [0.1, 0.15) is 5.92 Å². The van der Waals surface area contributed by atoms with Crippen molar-refractivity contribution in [1.29, 1.82) is 0 Å². The second-order valence-corrected chi connectivity index (χ2v) is 3.88. The maximum Gasteiger partial charge on any atom is 0.401 e. The molecule has 0 aliphatic heterocycles. The van der Waals surface area contributed by atoms with E-state index in [2.05, 4.69) is 5.16 Å². The molecule has 96 valence electrons. The molecule has 0 aliphatic rings. The molecule has 0 radical (unpaired) electrons. The maximum absolute atomic E-state index is 12.4. The van der Waals surface area contributed by atoms with E-state index >= 15 is 0 Å². The third-order valence-electron chi connectivity index (χ3n) is 1.99. The van der Waals surface area contributed by atoms with Crippen LogP contribution in [0.25, 0.3) is 0 Å². The zero-order chi connectivity index (χ0) is 12.8. The van der Waals surface area contributed by atoms with Crippen LogP contribution in [0.15, 0.2) is 5.16 Å². The molecule has 0 rings (SSSR count). The highest BCUT2D eigenvalue weighted by molar-refractivity contribution is 5.83. The number of hydrogen-bond donors (Lipinski definition) is 2. The number of amidine groups is 1. The van der Waals surface area contributed by atoms with E-state index in [1.807, 2.05) is 13.8 Å². The van der Waals surface area contributed by atoms with Crippen LogP contribution in [0.2, 0.25) is 0 Å². The van der Waals surface area contributed by atoms with Gasteiger partial charge in [0, 0.05) is 6.61 Å². The van der Waals surface area contributed by atoms with Crippen molar-refractivity contribution in [2.45, 2.75) is 26.4 Å².